The van der Waals surface area contributed by atoms with Gasteiger partial charge >= 0.3 is 0 Å². The molecule has 2 N–H and O–H groups in total. The number of hydrogen-bond acceptors (Lipinski definition) is 3. The summed E-state index contributed by atoms with van der Waals surface area (Å²) >= 11 is 0. The van der Waals surface area contributed by atoms with Crippen LogP contribution in [0.1, 0.15) is 11.3 Å². The van der Waals surface area contributed by atoms with Crippen LogP contribution in [0.2, 0.25) is 0 Å². The smallest absolute Gasteiger partial charge is 0.0705 e. The average Bonchev–Trinajstić information content (AvgIpc) is 2.46. The van der Waals surface area contributed by atoms with Gasteiger partial charge in [0.25, 0.3) is 0 Å². The summed E-state index contributed by atoms with van der Waals surface area (Å²) in [5, 5.41) is 1.14. The molecule has 3 rings (SSSR count). The molecule has 3 nitrogen and oxygen atoms in total. The molecule has 0 radical (unpaired) electrons. The highest BCUT2D eigenvalue weighted by Crippen LogP contribution is 2.23. The van der Waals surface area contributed by atoms with Crippen LogP contribution in [-0.4, -0.2) is 9.97 Å². The molecule has 0 fully saturated rings. The lowest BCUT2D eigenvalue weighted by Crippen LogP contribution is -1.97. The summed E-state index contributed by atoms with van der Waals surface area (Å²) in [6.45, 7) is 2.51. The van der Waals surface area contributed by atoms with E-state index in [1.165, 1.54) is 0 Å². The van der Waals surface area contributed by atoms with Gasteiger partial charge in [0, 0.05) is 35.6 Å². The number of benzene rings is 1. The lowest BCUT2D eigenvalue weighted by molar-refractivity contribution is 1.05. The molecule has 0 bridgehead atoms. The zero-order chi connectivity index (χ0) is 13.2. The Labute approximate surface area is 112 Å². The second-order valence-corrected chi connectivity index (χ2v) is 4.65. The molecule has 0 atom stereocenters. The minimum atomic E-state index is 0.509. The largest absolute Gasteiger partial charge is 0.326 e. The van der Waals surface area contributed by atoms with Gasteiger partial charge in [-0.1, -0.05) is 12.1 Å². The number of rotatable bonds is 2. The molecule has 3 heteroatoms. The normalized spacial score (nSPS) is 10.8. The van der Waals surface area contributed by atoms with Crippen LogP contribution >= 0.6 is 0 Å². The van der Waals surface area contributed by atoms with Crippen molar-refractivity contribution in [3.63, 3.8) is 0 Å². The van der Waals surface area contributed by atoms with Gasteiger partial charge in [0.05, 0.1) is 5.52 Å². The summed E-state index contributed by atoms with van der Waals surface area (Å²) in [5.74, 6) is 0. The standard InChI is InChI=1S/C16H15N3/c1-11-2-3-14-7-13(4-5-16(14)19-11)15-6-12(8-17)9-18-10-15/h2-7,9-10H,8,17H2,1H3. The summed E-state index contributed by atoms with van der Waals surface area (Å²) < 4.78 is 0. The lowest BCUT2D eigenvalue weighted by Gasteiger charge is -2.05. The summed E-state index contributed by atoms with van der Waals surface area (Å²) in [7, 11) is 0. The van der Waals surface area contributed by atoms with Crippen LogP contribution in [-0.2, 0) is 6.54 Å². The van der Waals surface area contributed by atoms with E-state index in [9.17, 15) is 0 Å². The Morgan fingerprint density at radius 2 is 1.89 bits per heavy atom. The number of nitrogens with zero attached hydrogens (tertiary/aromatic N) is 2. The molecule has 0 aliphatic carbocycles. The summed E-state index contributed by atoms with van der Waals surface area (Å²) in [6, 6.07) is 12.5. The molecule has 0 amide bonds. The van der Waals surface area contributed by atoms with Crippen molar-refractivity contribution in [2.75, 3.05) is 0 Å². The SMILES string of the molecule is Cc1ccc2cc(-c3cncc(CN)c3)ccc2n1. The van der Waals surface area contributed by atoms with Crippen LogP contribution in [0.3, 0.4) is 0 Å². The Morgan fingerprint density at radius 3 is 2.74 bits per heavy atom. The molecule has 2 aromatic heterocycles. The topological polar surface area (TPSA) is 51.8 Å². The molecular weight excluding hydrogens is 234 g/mol. The molecule has 0 unspecified atom stereocenters. The maximum Gasteiger partial charge on any atom is 0.0705 e. The Morgan fingerprint density at radius 1 is 1.00 bits per heavy atom. The van der Waals surface area contributed by atoms with Gasteiger partial charge in [-0.25, -0.2) is 0 Å². The van der Waals surface area contributed by atoms with Crippen LogP contribution in [0.25, 0.3) is 22.0 Å². The molecule has 0 aliphatic rings. The van der Waals surface area contributed by atoms with Crippen LogP contribution in [0, 0.1) is 6.92 Å². The highest BCUT2D eigenvalue weighted by Gasteiger charge is 2.02. The van der Waals surface area contributed by atoms with E-state index in [1.807, 2.05) is 25.3 Å². The van der Waals surface area contributed by atoms with Gasteiger partial charge in [0.2, 0.25) is 0 Å². The molecule has 19 heavy (non-hydrogen) atoms. The summed E-state index contributed by atoms with van der Waals surface area (Å²) in [4.78, 5) is 8.74. The van der Waals surface area contributed by atoms with Gasteiger partial charge in [0.1, 0.15) is 0 Å². The quantitative estimate of drug-likeness (QED) is 0.759. The maximum absolute atomic E-state index is 5.65. The van der Waals surface area contributed by atoms with Crippen LogP contribution in [0.5, 0.6) is 0 Å². The number of nitrogens with two attached hydrogens (primary N) is 1. The third-order valence-electron chi connectivity index (χ3n) is 3.19. The third kappa shape index (κ3) is 2.33. The number of pyridine rings is 2. The second kappa shape index (κ2) is 4.78. The Hall–Kier alpha value is -2.26. The Balaban J connectivity index is 2.12. The first kappa shape index (κ1) is 11.8. The van der Waals surface area contributed by atoms with E-state index in [2.05, 4.69) is 34.2 Å². The summed E-state index contributed by atoms with van der Waals surface area (Å²) in [6.07, 6.45) is 3.66. The number of fused-ring (bicyclic) bond motifs is 1. The predicted octanol–water partition coefficient (Wildman–Crippen LogP) is 3.06. The fourth-order valence-corrected chi connectivity index (χ4v) is 2.16. The highest BCUT2D eigenvalue weighted by molar-refractivity contribution is 5.84. The van der Waals surface area contributed by atoms with Crippen molar-refractivity contribution in [2.24, 2.45) is 5.73 Å². The predicted molar refractivity (Wildman–Crippen MR) is 77.6 cm³/mol. The minimum Gasteiger partial charge on any atom is -0.326 e. The van der Waals surface area contributed by atoms with E-state index in [1.54, 1.807) is 6.20 Å². The highest BCUT2D eigenvalue weighted by atomic mass is 14.7. The number of aryl methyl sites for hydroxylation is 1. The molecule has 1 aromatic carbocycles. The molecule has 2 heterocycles. The Bertz CT molecular complexity index is 735. The van der Waals surface area contributed by atoms with Gasteiger partial charge in [0.15, 0.2) is 0 Å². The van der Waals surface area contributed by atoms with Crippen molar-refractivity contribution in [1.29, 1.82) is 0 Å². The van der Waals surface area contributed by atoms with Crippen molar-refractivity contribution in [3.8, 4) is 11.1 Å². The van der Waals surface area contributed by atoms with Crippen LogP contribution < -0.4 is 5.73 Å². The van der Waals surface area contributed by atoms with Crippen molar-refractivity contribution in [2.45, 2.75) is 13.5 Å². The van der Waals surface area contributed by atoms with E-state index in [0.717, 1.165) is 33.3 Å². The number of hydrogen-bond donors (Lipinski definition) is 1. The lowest BCUT2D eigenvalue weighted by atomic mass is 10.0. The number of aromatic nitrogens is 2. The second-order valence-electron chi connectivity index (χ2n) is 4.65. The molecule has 0 saturated heterocycles. The molecule has 94 valence electrons. The fourth-order valence-electron chi connectivity index (χ4n) is 2.16. The van der Waals surface area contributed by atoms with Crippen molar-refractivity contribution < 1.29 is 0 Å². The van der Waals surface area contributed by atoms with E-state index < -0.39 is 0 Å². The van der Waals surface area contributed by atoms with Crippen LogP contribution in [0.4, 0.5) is 0 Å². The molecular formula is C16H15N3. The van der Waals surface area contributed by atoms with Gasteiger partial charge in [-0.15, -0.1) is 0 Å². The third-order valence-corrected chi connectivity index (χ3v) is 3.19. The van der Waals surface area contributed by atoms with E-state index in [0.29, 0.717) is 6.54 Å². The molecule has 0 aliphatic heterocycles. The Kier molecular flexibility index (Phi) is 2.97. The zero-order valence-corrected chi connectivity index (χ0v) is 10.8. The van der Waals surface area contributed by atoms with E-state index in [-0.39, 0.29) is 0 Å². The first-order valence-electron chi connectivity index (χ1n) is 6.28. The molecule has 0 saturated carbocycles. The van der Waals surface area contributed by atoms with Crippen molar-refractivity contribution >= 4 is 10.9 Å². The van der Waals surface area contributed by atoms with Gasteiger partial charge in [-0.05, 0) is 42.3 Å². The molecule has 3 aromatic rings. The fraction of sp³-hybridized carbons (Fsp3) is 0.125. The van der Waals surface area contributed by atoms with Crippen molar-refractivity contribution in [3.05, 3.63) is 60.0 Å². The average molecular weight is 249 g/mol. The van der Waals surface area contributed by atoms with Gasteiger partial charge < -0.3 is 5.73 Å². The molecule has 0 spiro atoms. The summed E-state index contributed by atoms with van der Waals surface area (Å²) in [5.41, 5.74) is 11.0. The zero-order valence-electron chi connectivity index (χ0n) is 10.8. The van der Waals surface area contributed by atoms with Gasteiger partial charge in [-0.3, -0.25) is 9.97 Å². The monoisotopic (exact) mass is 249 g/mol. The maximum atomic E-state index is 5.65. The van der Waals surface area contributed by atoms with Crippen LogP contribution in [0.15, 0.2) is 48.8 Å². The first-order chi connectivity index (χ1) is 9.26. The van der Waals surface area contributed by atoms with Gasteiger partial charge in [-0.2, -0.15) is 0 Å². The minimum absolute atomic E-state index is 0.509. The van der Waals surface area contributed by atoms with E-state index >= 15 is 0 Å². The van der Waals surface area contributed by atoms with Crippen molar-refractivity contribution in [1.82, 2.24) is 9.97 Å². The van der Waals surface area contributed by atoms with E-state index in [4.69, 9.17) is 5.73 Å². The first-order valence-corrected chi connectivity index (χ1v) is 6.28.